The van der Waals surface area contributed by atoms with Crippen molar-refractivity contribution in [2.24, 2.45) is 0 Å². The lowest BCUT2D eigenvalue weighted by atomic mass is 9.97. The second kappa shape index (κ2) is 7.19. The van der Waals surface area contributed by atoms with E-state index in [1.165, 1.54) is 31.3 Å². The van der Waals surface area contributed by atoms with Crippen LogP contribution in [0.4, 0.5) is 10.5 Å². The second-order valence-electron chi connectivity index (χ2n) is 4.75. The molecular weight excluding hydrogens is 260 g/mol. The van der Waals surface area contributed by atoms with Gasteiger partial charge < -0.3 is 10.6 Å². The summed E-state index contributed by atoms with van der Waals surface area (Å²) in [5, 5.41) is 6.31. The average Bonchev–Trinajstić information content (AvgIpc) is 2.43. The summed E-state index contributed by atoms with van der Waals surface area (Å²) >= 11 is 5.78. The van der Waals surface area contributed by atoms with Gasteiger partial charge in [-0.1, -0.05) is 23.3 Å². The summed E-state index contributed by atoms with van der Waals surface area (Å²) in [6.45, 7) is 0.686. The van der Waals surface area contributed by atoms with Gasteiger partial charge in [0, 0.05) is 17.3 Å². The largest absolute Gasteiger partial charge is 0.338 e. The Morgan fingerprint density at radius 3 is 2.68 bits per heavy atom. The van der Waals surface area contributed by atoms with Gasteiger partial charge in [0.05, 0.1) is 0 Å². The van der Waals surface area contributed by atoms with Gasteiger partial charge in [-0.25, -0.2) is 4.79 Å². The quantitative estimate of drug-likeness (QED) is 0.790. The predicted molar refractivity (Wildman–Crippen MR) is 79.6 cm³/mol. The number of hydrogen-bond acceptors (Lipinski definition) is 1. The Balaban J connectivity index is 1.69. The monoisotopic (exact) mass is 278 g/mol. The number of carbonyl (C=O) groups is 1. The van der Waals surface area contributed by atoms with Crippen molar-refractivity contribution < 1.29 is 4.79 Å². The van der Waals surface area contributed by atoms with Gasteiger partial charge in [0.2, 0.25) is 0 Å². The van der Waals surface area contributed by atoms with Crippen LogP contribution >= 0.6 is 11.6 Å². The first kappa shape index (κ1) is 13.9. The molecule has 0 aromatic heterocycles. The lowest BCUT2D eigenvalue weighted by Gasteiger charge is -2.13. The normalized spacial score (nSPS) is 14.7. The first-order valence-electron chi connectivity index (χ1n) is 6.72. The first-order chi connectivity index (χ1) is 9.24. The third-order valence-corrected chi connectivity index (χ3v) is 3.47. The maximum Gasteiger partial charge on any atom is 0.319 e. The molecule has 0 fully saturated rings. The van der Waals surface area contributed by atoms with Crippen molar-refractivity contribution in [2.75, 3.05) is 11.9 Å². The van der Waals surface area contributed by atoms with Gasteiger partial charge in [0.1, 0.15) is 0 Å². The SMILES string of the molecule is O=C(NCCC1=CCCCC1)Nc1ccc(Cl)cc1. The zero-order chi connectivity index (χ0) is 13.5. The average molecular weight is 279 g/mol. The number of amides is 2. The van der Waals surface area contributed by atoms with Crippen LogP contribution in [0.2, 0.25) is 5.02 Å². The van der Waals surface area contributed by atoms with Gasteiger partial charge in [-0.15, -0.1) is 0 Å². The van der Waals surface area contributed by atoms with Gasteiger partial charge in [0.15, 0.2) is 0 Å². The standard InChI is InChI=1S/C15H19ClN2O/c16-13-6-8-14(9-7-13)18-15(19)17-11-10-12-4-2-1-3-5-12/h4,6-9H,1-3,5,10-11H2,(H2,17,18,19). The van der Waals surface area contributed by atoms with E-state index in [2.05, 4.69) is 16.7 Å². The number of nitrogens with one attached hydrogen (secondary N) is 2. The zero-order valence-corrected chi connectivity index (χ0v) is 11.7. The van der Waals surface area contributed by atoms with Crippen molar-refractivity contribution >= 4 is 23.3 Å². The van der Waals surface area contributed by atoms with Gasteiger partial charge in [-0.05, 0) is 56.4 Å². The van der Waals surface area contributed by atoms with Crippen LogP contribution < -0.4 is 10.6 Å². The Kier molecular flexibility index (Phi) is 5.28. The van der Waals surface area contributed by atoms with Crippen LogP contribution in [0.25, 0.3) is 0 Å². The van der Waals surface area contributed by atoms with Crippen LogP contribution in [0.15, 0.2) is 35.9 Å². The van der Waals surface area contributed by atoms with E-state index in [1.54, 1.807) is 24.3 Å². The topological polar surface area (TPSA) is 41.1 Å². The van der Waals surface area contributed by atoms with E-state index in [0.29, 0.717) is 11.6 Å². The molecule has 2 amide bonds. The first-order valence-corrected chi connectivity index (χ1v) is 7.10. The molecule has 1 aliphatic carbocycles. The van der Waals surface area contributed by atoms with Gasteiger partial charge in [0.25, 0.3) is 0 Å². The number of anilines is 1. The van der Waals surface area contributed by atoms with Crippen molar-refractivity contribution in [1.29, 1.82) is 0 Å². The van der Waals surface area contributed by atoms with Crippen LogP contribution in [0.5, 0.6) is 0 Å². The molecule has 4 heteroatoms. The van der Waals surface area contributed by atoms with E-state index in [1.807, 2.05) is 0 Å². The molecule has 0 saturated heterocycles. The molecule has 0 bridgehead atoms. The molecule has 2 N–H and O–H groups in total. The fraction of sp³-hybridized carbons (Fsp3) is 0.400. The molecule has 0 unspecified atom stereocenters. The molecule has 3 nitrogen and oxygen atoms in total. The van der Waals surface area contributed by atoms with Gasteiger partial charge in [-0.2, -0.15) is 0 Å². The molecule has 1 aromatic carbocycles. The molecule has 0 atom stereocenters. The van der Waals surface area contributed by atoms with Gasteiger partial charge in [-0.3, -0.25) is 0 Å². The maximum atomic E-state index is 11.7. The highest BCUT2D eigenvalue weighted by Gasteiger charge is 2.05. The summed E-state index contributed by atoms with van der Waals surface area (Å²) in [5.41, 5.74) is 2.22. The van der Waals surface area contributed by atoms with Crippen molar-refractivity contribution in [3.63, 3.8) is 0 Å². The number of halogens is 1. The molecule has 0 heterocycles. The summed E-state index contributed by atoms with van der Waals surface area (Å²) in [7, 11) is 0. The van der Waals surface area contributed by atoms with E-state index in [9.17, 15) is 4.79 Å². The minimum absolute atomic E-state index is 0.168. The molecule has 0 radical (unpaired) electrons. The van der Waals surface area contributed by atoms with Crippen LogP contribution in [0.1, 0.15) is 32.1 Å². The minimum atomic E-state index is -0.168. The molecule has 1 aliphatic rings. The number of urea groups is 1. The predicted octanol–water partition coefficient (Wildman–Crippen LogP) is 4.35. The van der Waals surface area contributed by atoms with E-state index < -0.39 is 0 Å². The third kappa shape index (κ3) is 4.95. The Labute approximate surface area is 119 Å². The smallest absolute Gasteiger partial charge is 0.319 e. The molecule has 0 spiro atoms. The van der Waals surface area contributed by atoms with Crippen LogP contribution in [0.3, 0.4) is 0 Å². The number of rotatable bonds is 4. The minimum Gasteiger partial charge on any atom is -0.338 e. The van der Waals surface area contributed by atoms with Crippen molar-refractivity contribution in [1.82, 2.24) is 5.32 Å². The number of allylic oxidation sites excluding steroid dienone is 1. The lowest BCUT2D eigenvalue weighted by molar-refractivity contribution is 0.252. The molecular formula is C15H19ClN2O. The molecule has 19 heavy (non-hydrogen) atoms. The van der Waals surface area contributed by atoms with E-state index in [-0.39, 0.29) is 6.03 Å². The van der Waals surface area contributed by atoms with Crippen LogP contribution in [-0.2, 0) is 0 Å². The Morgan fingerprint density at radius 2 is 2.00 bits per heavy atom. The summed E-state index contributed by atoms with van der Waals surface area (Å²) in [6, 6.07) is 6.91. The van der Waals surface area contributed by atoms with Crippen molar-refractivity contribution in [2.45, 2.75) is 32.1 Å². The fourth-order valence-corrected chi connectivity index (χ4v) is 2.30. The lowest BCUT2D eigenvalue weighted by Crippen LogP contribution is -2.29. The van der Waals surface area contributed by atoms with E-state index >= 15 is 0 Å². The van der Waals surface area contributed by atoms with Crippen molar-refractivity contribution in [3.05, 3.63) is 40.9 Å². The van der Waals surface area contributed by atoms with Crippen molar-refractivity contribution in [3.8, 4) is 0 Å². The Bertz CT molecular complexity index is 454. The maximum absolute atomic E-state index is 11.7. The third-order valence-electron chi connectivity index (χ3n) is 3.22. The molecule has 2 rings (SSSR count). The zero-order valence-electron chi connectivity index (χ0n) is 10.9. The molecule has 102 valence electrons. The highest BCUT2D eigenvalue weighted by molar-refractivity contribution is 6.30. The van der Waals surface area contributed by atoms with Crippen LogP contribution in [-0.4, -0.2) is 12.6 Å². The molecule has 1 aromatic rings. The summed E-state index contributed by atoms with van der Waals surface area (Å²) < 4.78 is 0. The Morgan fingerprint density at radius 1 is 1.21 bits per heavy atom. The number of carbonyl (C=O) groups excluding carboxylic acids is 1. The highest BCUT2D eigenvalue weighted by atomic mass is 35.5. The second-order valence-corrected chi connectivity index (χ2v) is 5.18. The van der Waals surface area contributed by atoms with E-state index in [0.717, 1.165) is 12.1 Å². The summed E-state index contributed by atoms with van der Waals surface area (Å²) in [4.78, 5) is 11.7. The van der Waals surface area contributed by atoms with E-state index in [4.69, 9.17) is 11.6 Å². The molecule has 0 aliphatic heterocycles. The van der Waals surface area contributed by atoms with Gasteiger partial charge >= 0.3 is 6.03 Å². The summed E-state index contributed by atoms with van der Waals surface area (Å²) in [6.07, 6.45) is 8.21. The highest BCUT2D eigenvalue weighted by Crippen LogP contribution is 2.19. The Hall–Kier alpha value is -1.48. The molecule has 0 saturated carbocycles. The number of hydrogen-bond donors (Lipinski definition) is 2. The number of benzene rings is 1. The summed E-state index contributed by atoms with van der Waals surface area (Å²) in [5.74, 6) is 0. The fourth-order valence-electron chi connectivity index (χ4n) is 2.18. The van der Waals surface area contributed by atoms with Crippen LogP contribution in [0, 0.1) is 0 Å².